The van der Waals surface area contributed by atoms with Gasteiger partial charge in [-0.2, -0.15) is 5.26 Å². The molecule has 1 saturated heterocycles. The van der Waals surface area contributed by atoms with Gasteiger partial charge in [0.1, 0.15) is 16.8 Å². The Labute approximate surface area is 105 Å². The first-order valence-corrected chi connectivity index (χ1v) is 7.26. The molecule has 0 saturated carbocycles. The lowest BCUT2D eigenvalue weighted by Crippen LogP contribution is -2.36. The smallest absolute Gasteiger partial charge is 0.244 e. The van der Waals surface area contributed by atoms with Crippen molar-refractivity contribution < 1.29 is 8.42 Å². The fraction of sp³-hybridized carbons (Fsp3) is 0.455. The van der Waals surface area contributed by atoms with Crippen LogP contribution in [0.25, 0.3) is 0 Å². The van der Waals surface area contributed by atoms with Gasteiger partial charge in [-0.15, -0.1) is 0 Å². The van der Waals surface area contributed by atoms with Gasteiger partial charge in [0.2, 0.25) is 10.0 Å². The molecular formula is C11H12N4O2S. The van der Waals surface area contributed by atoms with Crippen LogP contribution in [0.3, 0.4) is 0 Å². The van der Waals surface area contributed by atoms with Gasteiger partial charge in [0.15, 0.2) is 0 Å². The van der Waals surface area contributed by atoms with Gasteiger partial charge in [0.05, 0.1) is 5.56 Å². The molecule has 1 N–H and O–H groups in total. The van der Waals surface area contributed by atoms with E-state index in [4.69, 9.17) is 5.26 Å². The highest BCUT2D eigenvalue weighted by Gasteiger charge is 2.35. The van der Waals surface area contributed by atoms with E-state index in [9.17, 15) is 8.42 Å². The standard InChI is InChI=1S/C11H12N4O2S/c12-5-8-4-10-11(13-6-8)15-3-1-2-9(15)7-14-18(10,16)17/h4,6,9,14H,1-3,7H2/t9-/m0/s1. The summed E-state index contributed by atoms with van der Waals surface area (Å²) < 4.78 is 26.8. The van der Waals surface area contributed by atoms with Crippen molar-refractivity contribution in [1.29, 1.82) is 5.26 Å². The SMILES string of the molecule is N#Cc1cnc2c(c1)S(=O)(=O)NC[C@@H]1CCCN21. The molecule has 1 fully saturated rings. The van der Waals surface area contributed by atoms with Crippen LogP contribution in [0, 0.1) is 11.3 Å². The Morgan fingerprint density at radius 1 is 1.56 bits per heavy atom. The van der Waals surface area contributed by atoms with Crippen LogP contribution >= 0.6 is 0 Å². The van der Waals surface area contributed by atoms with Gasteiger partial charge in [0, 0.05) is 25.3 Å². The van der Waals surface area contributed by atoms with Gasteiger partial charge in [-0.1, -0.05) is 0 Å². The molecule has 1 aromatic rings. The number of nitrogens with zero attached hydrogens (tertiary/aromatic N) is 3. The van der Waals surface area contributed by atoms with Crippen molar-refractivity contribution in [3.8, 4) is 6.07 Å². The minimum Gasteiger partial charge on any atom is -0.351 e. The number of pyridine rings is 1. The van der Waals surface area contributed by atoms with Crippen LogP contribution in [0.15, 0.2) is 17.2 Å². The Bertz CT molecular complexity index is 635. The number of sulfonamides is 1. The molecule has 0 bridgehead atoms. The van der Waals surface area contributed by atoms with Crippen molar-refractivity contribution >= 4 is 15.8 Å². The fourth-order valence-electron chi connectivity index (χ4n) is 2.52. The van der Waals surface area contributed by atoms with Gasteiger partial charge >= 0.3 is 0 Å². The largest absolute Gasteiger partial charge is 0.351 e. The van der Waals surface area contributed by atoms with Gasteiger partial charge in [-0.25, -0.2) is 18.1 Å². The molecule has 3 rings (SSSR count). The maximum atomic E-state index is 12.1. The Balaban J connectivity index is 2.22. The lowest BCUT2D eigenvalue weighted by atomic mass is 10.2. The normalized spacial score (nSPS) is 24.8. The van der Waals surface area contributed by atoms with Crippen LogP contribution in [0.4, 0.5) is 5.82 Å². The Hall–Kier alpha value is -1.65. The maximum Gasteiger partial charge on any atom is 0.244 e. The van der Waals surface area contributed by atoms with E-state index in [1.54, 1.807) is 0 Å². The molecular weight excluding hydrogens is 252 g/mol. The topological polar surface area (TPSA) is 86.1 Å². The second-order valence-corrected chi connectivity index (χ2v) is 6.23. The number of hydrogen-bond acceptors (Lipinski definition) is 5. The van der Waals surface area contributed by atoms with Crippen molar-refractivity contribution in [2.75, 3.05) is 18.0 Å². The second-order valence-electron chi connectivity index (χ2n) is 4.50. The van der Waals surface area contributed by atoms with Gasteiger partial charge in [-0.05, 0) is 18.9 Å². The number of hydrogen-bond donors (Lipinski definition) is 1. The van der Waals surface area contributed by atoms with Crippen LogP contribution in [0.5, 0.6) is 0 Å². The molecule has 0 unspecified atom stereocenters. The van der Waals surface area contributed by atoms with Crippen molar-refractivity contribution in [2.24, 2.45) is 0 Å². The number of nitrogens with one attached hydrogen (secondary N) is 1. The molecule has 7 heteroatoms. The summed E-state index contributed by atoms with van der Waals surface area (Å²) in [5.74, 6) is 0.474. The molecule has 0 aromatic carbocycles. The van der Waals surface area contributed by atoms with Crippen molar-refractivity contribution in [3.05, 3.63) is 17.8 Å². The number of fused-ring (bicyclic) bond motifs is 3. The Morgan fingerprint density at radius 2 is 2.39 bits per heavy atom. The third-order valence-electron chi connectivity index (χ3n) is 3.41. The van der Waals surface area contributed by atoms with Crippen molar-refractivity contribution in [1.82, 2.24) is 9.71 Å². The molecule has 0 spiro atoms. The predicted octanol–water partition coefficient (Wildman–Crippen LogP) is 0.214. The fourth-order valence-corrected chi connectivity index (χ4v) is 3.78. The summed E-state index contributed by atoms with van der Waals surface area (Å²) in [6.07, 6.45) is 3.42. The summed E-state index contributed by atoms with van der Waals surface area (Å²) in [5.41, 5.74) is 0.261. The maximum absolute atomic E-state index is 12.1. The molecule has 0 amide bonds. The van der Waals surface area contributed by atoms with Gasteiger partial charge in [-0.3, -0.25) is 0 Å². The highest BCUT2D eigenvalue weighted by atomic mass is 32.2. The van der Waals surface area contributed by atoms with E-state index in [1.807, 2.05) is 11.0 Å². The van der Waals surface area contributed by atoms with Crippen LogP contribution in [0.1, 0.15) is 18.4 Å². The Morgan fingerprint density at radius 3 is 3.17 bits per heavy atom. The third-order valence-corrected chi connectivity index (χ3v) is 4.84. The van der Waals surface area contributed by atoms with Crippen LogP contribution < -0.4 is 9.62 Å². The van der Waals surface area contributed by atoms with E-state index in [0.29, 0.717) is 12.4 Å². The average molecular weight is 264 g/mol. The lowest BCUT2D eigenvalue weighted by Gasteiger charge is -2.23. The van der Waals surface area contributed by atoms with E-state index in [2.05, 4.69) is 9.71 Å². The average Bonchev–Trinajstić information content (AvgIpc) is 2.80. The number of anilines is 1. The zero-order valence-corrected chi connectivity index (χ0v) is 10.4. The first-order valence-electron chi connectivity index (χ1n) is 5.78. The summed E-state index contributed by atoms with van der Waals surface area (Å²) in [5, 5.41) is 8.85. The van der Waals surface area contributed by atoms with Crippen molar-refractivity contribution in [2.45, 2.75) is 23.8 Å². The molecule has 3 heterocycles. The van der Waals surface area contributed by atoms with Crippen LogP contribution in [0.2, 0.25) is 0 Å². The quantitative estimate of drug-likeness (QED) is 0.724. The Kier molecular flexibility index (Phi) is 2.50. The monoisotopic (exact) mass is 264 g/mol. The van der Waals surface area contributed by atoms with E-state index in [0.717, 1.165) is 19.4 Å². The van der Waals surface area contributed by atoms with E-state index in [1.165, 1.54) is 12.3 Å². The summed E-state index contributed by atoms with van der Waals surface area (Å²) in [7, 11) is -3.56. The lowest BCUT2D eigenvalue weighted by molar-refractivity contribution is 0.575. The van der Waals surface area contributed by atoms with Crippen molar-refractivity contribution in [3.63, 3.8) is 0 Å². The summed E-state index contributed by atoms with van der Waals surface area (Å²) in [4.78, 5) is 6.31. The van der Waals surface area contributed by atoms with Crippen LogP contribution in [-0.2, 0) is 10.0 Å². The summed E-state index contributed by atoms with van der Waals surface area (Å²) in [6.45, 7) is 1.22. The van der Waals surface area contributed by atoms with Crippen LogP contribution in [-0.4, -0.2) is 32.5 Å². The number of nitriles is 1. The predicted molar refractivity (Wildman–Crippen MR) is 64.5 cm³/mol. The van der Waals surface area contributed by atoms with E-state index >= 15 is 0 Å². The highest BCUT2D eigenvalue weighted by Crippen LogP contribution is 2.32. The van der Waals surface area contributed by atoms with Gasteiger partial charge in [0.25, 0.3) is 0 Å². The molecule has 0 aliphatic carbocycles. The molecule has 18 heavy (non-hydrogen) atoms. The molecule has 0 radical (unpaired) electrons. The molecule has 2 aliphatic rings. The first kappa shape index (κ1) is 11.4. The minimum absolute atomic E-state index is 0.117. The zero-order chi connectivity index (χ0) is 12.8. The first-order chi connectivity index (χ1) is 8.62. The third kappa shape index (κ3) is 1.65. The molecule has 2 aliphatic heterocycles. The van der Waals surface area contributed by atoms with E-state index < -0.39 is 10.0 Å². The minimum atomic E-state index is -3.56. The summed E-state index contributed by atoms with van der Waals surface area (Å²) in [6, 6.07) is 3.48. The number of aromatic nitrogens is 1. The molecule has 6 nitrogen and oxygen atoms in total. The summed E-state index contributed by atoms with van der Waals surface area (Å²) >= 11 is 0. The number of rotatable bonds is 0. The second kappa shape index (κ2) is 3.93. The molecule has 94 valence electrons. The van der Waals surface area contributed by atoms with E-state index in [-0.39, 0.29) is 16.5 Å². The van der Waals surface area contributed by atoms with Gasteiger partial charge < -0.3 is 4.90 Å². The highest BCUT2D eigenvalue weighted by molar-refractivity contribution is 7.89. The zero-order valence-electron chi connectivity index (χ0n) is 9.63. The molecule has 1 aromatic heterocycles. The molecule has 1 atom stereocenters.